The lowest BCUT2D eigenvalue weighted by atomic mass is 9.65. The van der Waals surface area contributed by atoms with Gasteiger partial charge in [-0.3, -0.25) is 4.21 Å². The lowest BCUT2D eigenvalue weighted by molar-refractivity contribution is 0.308. The molecule has 1 N–H and O–H groups in total. The average molecular weight is 428 g/mol. The van der Waals surface area contributed by atoms with E-state index in [1.165, 1.54) is 28.0 Å². The minimum absolute atomic E-state index is 0.0137. The number of rotatable bonds is 0. The molecule has 2 nitrogen and oxygen atoms in total. The number of halogens is 1. The van der Waals surface area contributed by atoms with Crippen molar-refractivity contribution in [2.24, 2.45) is 5.92 Å². The molecular formula is C22H22BrNOS. The second-order valence-electron chi connectivity index (χ2n) is 8.16. The zero-order valence-electron chi connectivity index (χ0n) is 15.0. The molecule has 2 heterocycles. The fraction of sp³-hybridized carbons (Fsp3) is 0.364. The zero-order valence-corrected chi connectivity index (χ0v) is 17.4. The summed E-state index contributed by atoms with van der Waals surface area (Å²) in [5.74, 6) is 1.07. The summed E-state index contributed by atoms with van der Waals surface area (Å²) in [5, 5.41) is 3.82. The van der Waals surface area contributed by atoms with E-state index in [0.29, 0.717) is 5.92 Å². The quantitative estimate of drug-likeness (QED) is 0.621. The van der Waals surface area contributed by atoms with Crippen molar-refractivity contribution in [3.8, 4) is 0 Å². The van der Waals surface area contributed by atoms with Crippen molar-refractivity contribution in [2.45, 2.75) is 38.1 Å². The Bertz CT molecular complexity index is 978. The van der Waals surface area contributed by atoms with Gasteiger partial charge in [0.1, 0.15) is 0 Å². The van der Waals surface area contributed by atoms with Gasteiger partial charge in [0.15, 0.2) is 0 Å². The summed E-state index contributed by atoms with van der Waals surface area (Å²) in [6, 6.07) is 15.3. The van der Waals surface area contributed by atoms with Crippen LogP contribution in [0.2, 0.25) is 0 Å². The van der Waals surface area contributed by atoms with E-state index in [-0.39, 0.29) is 11.5 Å². The molecule has 0 radical (unpaired) electrons. The fourth-order valence-electron chi connectivity index (χ4n) is 5.02. The summed E-state index contributed by atoms with van der Waals surface area (Å²) in [7, 11) is -0.937. The van der Waals surface area contributed by atoms with Crippen LogP contribution in [0.5, 0.6) is 0 Å². The monoisotopic (exact) mass is 427 g/mol. The summed E-state index contributed by atoms with van der Waals surface area (Å²) in [6.07, 6.45) is 2.05. The van der Waals surface area contributed by atoms with Crippen LogP contribution in [0.4, 0.5) is 5.69 Å². The second kappa shape index (κ2) is 5.80. The first-order chi connectivity index (χ1) is 12.5. The number of hydrogen-bond donors (Lipinski definition) is 1. The number of fused-ring (bicyclic) bond motifs is 5. The predicted molar refractivity (Wildman–Crippen MR) is 113 cm³/mol. The minimum atomic E-state index is -0.937. The first-order valence-corrected chi connectivity index (χ1v) is 11.3. The molecule has 2 aromatic rings. The molecule has 1 aliphatic carbocycles. The van der Waals surface area contributed by atoms with E-state index in [4.69, 9.17) is 0 Å². The maximum absolute atomic E-state index is 13.3. The Morgan fingerprint density at radius 1 is 1.15 bits per heavy atom. The average Bonchev–Trinajstić information content (AvgIpc) is 2.63. The molecular weight excluding hydrogens is 406 g/mol. The number of hydrogen-bond acceptors (Lipinski definition) is 2. The third-order valence-electron chi connectivity index (χ3n) is 6.47. The van der Waals surface area contributed by atoms with E-state index in [9.17, 15) is 4.21 Å². The van der Waals surface area contributed by atoms with Crippen LogP contribution in [0.25, 0.3) is 4.91 Å². The van der Waals surface area contributed by atoms with Crippen molar-refractivity contribution in [3.05, 3.63) is 69.2 Å². The molecule has 0 amide bonds. The number of benzene rings is 2. The van der Waals surface area contributed by atoms with Gasteiger partial charge in [-0.2, -0.15) is 0 Å². The van der Waals surface area contributed by atoms with Gasteiger partial charge in [0, 0.05) is 26.7 Å². The SMILES string of the molecule is CC1(C)c2cc(Br)ccc2NC2C3=C(c4ccccc4CC3)S(=O)CC21. The van der Waals surface area contributed by atoms with Crippen LogP contribution in [0, 0.1) is 5.92 Å². The molecule has 0 aromatic heterocycles. The highest BCUT2D eigenvalue weighted by molar-refractivity contribution is 9.10. The molecule has 3 aliphatic rings. The first kappa shape index (κ1) is 16.8. The van der Waals surface area contributed by atoms with Crippen molar-refractivity contribution >= 4 is 37.3 Å². The summed E-state index contributed by atoms with van der Waals surface area (Å²) < 4.78 is 14.4. The summed E-state index contributed by atoms with van der Waals surface area (Å²) in [5.41, 5.74) is 6.47. The van der Waals surface area contributed by atoms with E-state index in [1.807, 2.05) is 0 Å². The summed E-state index contributed by atoms with van der Waals surface area (Å²) in [4.78, 5) is 1.11. The van der Waals surface area contributed by atoms with E-state index in [2.05, 4.69) is 77.6 Å². The van der Waals surface area contributed by atoms with Gasteiger partial charge in [-0.25, -0.2) is 0 Å². The second-order valence-corrected chi connectivity index (χ2v) is 10.5. The van der Waals surface area contributed by atoms with E-state index >= 15 is 0 Å². The summed E-state index contributed by atoms with van der Waals surface area (Å²) in [6.45, 7) is 4.63. The highest BCUT2D eigenvalue weighted by atomic mass is 79.9. The molecule has 0 saturated heterocycles. The molecule has 3 unspecified atom stereocenters. The van der Waals surface area contributed by atoms with Gasteiger partial charge < -0.3 is 5.32 Å². The van der Waals surface area contributed by atoms with E-state index in [0.717, 1.165) is 28.0 Å². The molecule has 2 aromatic carbocycles. The molecule has 3 atom stereocenters. The molecule has 5 rings (SSSR count). The third-order valence-corrected chi connectivity index (χ3v) is 8.56. The number of nitrogens with one attached hydrogen (secondary N) is 1. The van der Waals surface area contributed by atoms with Gasteiger partial charge in [0.05, 0.1) is 16.8 Å². The van der Waals surface area contributed by atoms with Crippen molar-refractivity contribution in [1.82, 2.24) is 0 Å². The molecule has 0 bridgehead atoms. The smallest absolute Gasteiger partial charge is 0.0540 e. The van der Waals surface area contributed by atoms with Gasteiger partial charge in [-0.05, 0) is 58.7 Å². The lowest BCUT2D eigenvalue weighted by Crippen LogP contribution is -2.52. The van der Waals surface area contributed by atoms with Crippen molar-refractivity contribution in [1.29, 1.82) is 0 Å². The fourth-order valence-corrected chi connectivity index (χ4v) is 7.45. The molecule has 0 saturated carbocycles. The predicted octanol–water partition coefficient (Wildman–Crippen LogP) is 5.26. The maximum atomic E-state index is 13.3. The van der Waals surface area contributed by atoms with Gasteiger partial charge in [-0.15, -0.1) is 0 Å². The van der Waals surface area contributed by atoms with Crippen LogP contribution in [-0.4, -0.2) is 16.0 Å². The summed E-state index contributed by atoms with van der Waals surface area (Å²) >= 11 is 3.62. The van der Waals surface area contributed by atoms with Gasteiger partial charge in [-0.1, -0.05) is 54.0 Å². The van der Waals surface area contributed by atoms with Crippen molar-refractivity contribution in [2.75, 3.05) is 11.1 Å². The largest absolute Gasteiger partial charge is 0.378 e. The van der Waals surface area contributed by atoms with Crippen molar-refractivity contribution < 1.29 is 4.21 Å². The maximum Gasteiger partial charge on any atom is 0.0540 e. The highest BCUT2D eigenvalue weighted by Crippen LogP contribution is 2.51. The molecule has 0 fully saturated rings. The standard InChI is InChI=1S/C22H22BrNOS/c1-22(2)17-11-14(23)8-10-19(17)24-20-16-9-7-13-5-3-4-6-15(13)21(16)26(25)12-18(20)22/h3-6,8,10-11,18,20,24H,7,9,12H2,1-2H3. The van der Waals surface area contributed by atoms with Crippen LogP contribution in [-0.2, 0) is 22.6 Å². The molecule has 134 valence electrons. The number of anilines is 1. The topological polar surface area (TPSA) is 29.1 Å². The molecule has 4 heteroatoms. The first-order valence-electron chi connectivity index (χ1n) is 9.23. The minimum Gasteiger partial charge on any atom is -0.378 e. The van der Waals surface area contributed by atoms with Crippen LogP contribution in [0.15, 0.2) is 52.5 Å². The lowest BCUT2D eigenvalue weighted by Gasteiger charge is -2.50. The van der Waals surface area contributed by atoms with Crippen molar-refractivity contribution in [3.63, 3.8) is 0 Å². The zero-order chi connectivity index (χ0) is 18.1. The van der Waals surface area contributed by atoms with Crippen LogP contribution < -0.4 is 5.32 Å². The normalized spacial score (nSPS) is 28.3. The molecule has 2 aliphatic heterocycles. The van der Waals surface area contributed by atoms with E-state index in [1.54, 1.807) is 0 Å². The molecule has 26 heavy (non-hydrogen) atoms. The van der Waals surface area contributed by atoms with Gasteiger partial charge in [0.25, 0.3) is 0 Å². The Balaban J connectivity index is 1.69. The van der Waals surface area contributed by atoms with E-state index < -0.39 is 10.8 Å². The van der Waals surface area contributed by atoms with Crippen LogP contribution in [0.3, 0.4) is 0 Å². The van der Waals surface area contributed by atoms with Gasteiger partial charge >= 0.3 is 0 Å². The molecule has 0 spiro atoms. The van der Waals surface area contributed by atoms with Crippen LogP contribution in [0.1, 0.15) is 37.0 Å². The van der Waals surface area contributed by atoms with Gasteiger partial charge in [0.2, 0.25) is 0 Å². The Labute approximate surface area is 165 Å². The third kappa shape index (κ3) is 2.31. The Hall–Kier alpha value is -1.39. The highest BCUT2D eigenvalue weighted by Gasteiger charge is 2.48. The number of aryl methyl sites for hydroxylation is 1. The Kier molecular flexibility index (Phi) is 3.74. The Morgan fingerprint density at radius 3 is 2.81 bits per heavy atom. The van der Waals surface area contributed by atoms with Crippen LogP contribution >= 0.6 is 15.9 Å². The Morgan fingerprint density at radius 2 is 1.96 bits per heavy atom.